The molecule has 0 spiro atoms. The van der Waals surface area contributed by atoms with Crippen LogP contribution in [0.25, 0.3) is 0 Å². The van der Waals surface area contributed by atoms with Crippen molar-refractivity contribution in [1.29, 1.82) is 0 Å². The number of carbonyl (C=O) groups excluding carboxylic acids is 2. The lowest BCUT2D eigenvalue weighted by Crippen LogP contribution is -2.33. The summed E-state index contributed by atoms with van der Waals surface area (Å²) >= 11 is 0. The van der Waals surface area contributed by atoms with Crippen molar-refractivity contribution in [3.8, 4) is 11.5 Å². The molecule has 1 unspecified atom stereocenters. The van der Waals surface area contributed by atoms with Crippen LogP contribution in [0, 0.1) is 0 Å². The van der Waals surface area contributed by atoms with Gasteiger partial charge in [0.05, 0.1) is 20.8 Å². The van der Waals surface area contributed by atoms with Gasteiger partial charge in [-0.25, -0.2) is 4.79 Å². The van der Waals surface area contributed by atoms with Crippen molar-refractivity contribution in [1.82, 2.24) is 0 Å². The van der Waals surface area contributed by atoms with Gasteiger partial charge in [-0.1, -0.05) is 91.0 Å². The zero-order valence-corrected chi connectivity index (χ0v) is 26.8. The van der Waals surface area contributed by atoms with E-state index in [4.69, 9.17) is 14.2 Å². The number of carbonyl (C=O) groups is 2. The third kappa shape index (κ3) is 9.01. The van der Waals surface area contributed by atoms with E-state index < -0.39 is 12.0 Å². The highest BCUT2D eigenvalue weighted by Crippen LogP contribution is 2.25. The first kappa shape index (κ1) is 32.8. The molecule has 0 fully saturated rings. The highest BCUT2D eigenvalue weighted by Gasteiger charge is 2.22. The van der Waals surface area contributed by atoms with Crippen LogP contribution in [0.5, 0.6) is 11.5 Å². The zero-order valence-electron chi connectivity index (χ0n) is 26.8. The van der Waals surface area contributed by atoms with Crippen LogP contribution in [0.3, 0.4) is 0 Å². The molecule has 240 valence electrons. The summed E-state index contributed by atoms with van der Waals surface area (Å²) in [5, 5.41) is 3.26. The molecular formula is C40H40N2O5. The molecule has 0 radical (unpaired) electrons. The van der Waals surface area contributed by atoms with Crippen LogP contribution < -0.4 is 19.7 Å². The topological polar surface area (TPSA) is 77.1 Å². The van der Waals surface area contributed by atoms with Gasteiger partial charge in [0.15, 0.2) is 5.78 Å². The fraction of sp³-hybridized carbons (Fsp3) is 0.200. The Bertz CT molecular complexity index is 1730. The van der Waals surface area contributed by atoms with Crippen LogP contribution in [0.15, 0.2) is 133 Å². The van der Waals surface area contributed by atoms with Crippen LogP contribution in [0.2, 0.25) is 0 Å². The molecule has 1 N–H and O–H groups in total. The van der Waals surface area contributed by atoms with Crippen LogP contribution in [-0.2, 0) is 22.5 Å². The van der Waals surface area contributed by atoms with E-state index in [2.05, 4.69) is 28.4 Å². The van der Waals surface area contributed by atoms with Crippen molar-refractivity contribution in [3.05, 3.63) is 156 Å². The Balaban J connectivity index is 1.19. The van der Waals surface area contributed by atoms with Crippen molar-refractivity contribution in [2.75, 3.05) is 37.6 Å². The van der Waals surface area contributed by atoms with Crippen LogP contribution in [0.1, 0.15) is 33.5 Å². The molecule has 5 aromatic carbocycles. The standard InChI is InChI=1S/C40H40N2O5/c1-45-38-21-12-9-16-32(38)29-42(33-17-7-4-8-18-33)26-13-27-47-34-24-22-30(23-25-34)28-37(40(44)46-2)41-36-20-11-10-19-35(36)39(43)31-14-5-3-6-15-31/h3-12,14-25,37,41H,13,26-29H2,1-2H3. The van der Waals surface area contributed by atoms with Gasteiger partial charge < -0.3 is 24.4 Å². The number of hydrogen-bond donors (Lipinski definition) is 1. The molecule has 0 amide bonds. The number of methoxy groups -OCH3 is 2. The first-order valence-electron chi connectivity index (χ1n) is 15.7. The summed E-state index contributed by atoms with van der Waals surface area (Å²) in [7, 11) is 3.07. The molecule has 0 aliphatic heterocycles. The molecule has 7 heteroatoms. The maximum atomic E-state index is 13.2. The van der Waals surface area contributed by atoms with Gasteiger partial charge in [-0.15, -0.1) is 0 Å². The summed E-state index contributed by atoms with van der Waals surface area (Å²) in [5.74, 6) is 1.10. The van der Waals surface area contributed by atoms with Crippen LogP contribution in [0.4, 0.5) is 11.4 Å². The van der Waals surface area contributed by atoms with E-state index in [9.17, 15) is 9.59 Å². The predicted molar refractivity (Wildman–Crippen MR) is 186 cm³/mol. The number of anilines is 2. The van der Waals surface area contributed by atoms with Gasteiger partial charge in [-0.3, -0.25) is 4.79 Å². The van der Waals surface area contributed by atoms with Gasteiger partial charge in [0.25, 0.3) is 0 Å². The smallest absolute Gasteiger partial charge is 0.328 e. The summed E-state index contributed by atoms with van der Waals surface area (Å²) in [5.41, 5.74) is 4.84. The van der Waals surface area contributed by atoms with Gasteiger partial charge >= 0.3 is 5.97 Å². The molecule has 0 heterocycles. The monoisotopic (exact) mass is 628 g/mol. The second-order valence-corrected chi connectivity index (χ2v) is 11.1. The normalized spacial score (nSPS) is 11.3. The predicted octanol–water partition coefficient (Wildman–Crippen LogP) is 7.60. The van der Waals surface area contributed by atoms with Crippen LogP contribution >= 0.6 is 0 Å². The van der Waals surface area contributed by atoms with E-state index in [1.165, 1.54) is 7.11 Å². The highest BCUT2D eigenvalue weighted by molar-refractivity contribution is 6.12. The minimum Gasteiger partial charge on any atom is -0.496 e. The molecular weight excluding hydrogens is 588 g/mol. The Labute approximate surface area is 276 Å². The quantitative estimate of drug-likeness (QED) is 0.0685. The van der Waals surface area contributed by atoms with Crippen molar-refractivity contribution in [2.45, 2.75) is 25.4 Å². The average molecular weight is 629 g/mol. The Morgan fingerprint density at radius 3 is 2.13 bits per heavy atom. The second-order valence-electron chi connectivity index (χ2n) is 11.1. The molecule has 0 saturated heterocycles. The van der Waals surface area contributed by atoms with E-state index in [1.807, 2.05) is 91.0 Å². The molecule has 7 nitrogen and oxygen atoms in total. The van der Waals surface area contributed by atoms with E-state index in [0.717, 1.165) is 47.8 Å². The number of ketones is 1. The fourth-order valence-electron chi connectivity index (χ4n) is 5.46. The highest BCUT2D eigenvalue weighted by atomic mass is 16.5. The van der Waals surface area contributed by atoms with Crippen molar-refractivity contribution < 1.29 is 23.8 Å². The summed E-state index contributed by atoms with van der Waals surface area (Å²) in [6, 6.07) is 41.8. The lowest BCUT2D eigenvalue weighted by Gasteiger charge is -2.26. The maximum Gasteiger partial charge on any atom is 0.328 e. The summed E-state index contributed by atoms with van der Waals surface area (Å²) < 4.78 is 16.8. The molecule has 0 aromatic heterocycles. The molecule has 5 rings (SSSR count). The van der Waals surface area contributed by atoms with Gasteiger partial charge in [0.1, 0.15) is 17.5 Å². The molecule has 0 aliphatic rings. The molecule has 47 heavy (non-hydrogen) atoms. The van der Waals surface area contributed by atoms with Gasteiger partial charge in [0.2, 0.25) is 0 Å². The summed E-state index contributed by atoms with van der Waals surface area (Å²) in [6.45, 7) is 2.08. The lowest BCUT2D eigenvalue weighted by atomic mass is 10.00. The molecule has 0 saturated carbocycles. The number of benzene rings is 5. The third-order valence-electron chi connectivity index (χ3n) is 7.90. The van der Waals surface area contributed by atoms with E-state index in [1.54, 1.807) is 31.4 Å². The molecule has 1 atom stereocenters. The second kappa shape index (κ2) is 16.7. The number of ether oxygens (including phenoxy) is 3. The van der Waals surface area contributed by atoms with Crippen molar-refractivity contribution >= 4 is 23.1 Å². The maximum absolute atomic E-state index is 13.2. The SMILES string of the molecule is COC(=O)C(Cc1ccc(OCCCN(Cc2ccccc2OC)c2ccccc2)cc1)Nc1ccccc1C(=O)c1ccccc1. The molecule has 5 aromatic rings. The van der Waals surface area contributed by atoms with Crippen molar-refractivity contribution in [3.63, 3.8) is 0 Å². The Morgan fingerprint density at radius 1 is 0.745 bits per heavy atom. The van der Waals surface area contributed by atoms with Crippen LogP contribution in [-0.4, -0.2) is 45.2 Å². The first-order chi connectivity index (χ1) is 23.1. The summed E-state index contributed by atoms with van der Waals surface area (Å²) in [6.07, 6.45) is 1.19. The van der Waals surface area contributed by atoms with E-state index in [0.29, 0.717) is 29.8 Å². The van der Waals surface area contributed by atoms with E-state index >= 15 is 0 Å². The number of para-hydroxylation sites is 3. The first-order valence-corrected chi connectivity index (χ1v) is 15.7. The minimum absolute atomic E-state index is 0.120. The number of nitrogens with one attached hydrogen (secondary N) is 1. The zero-order chi connectivity index (χ0) is 32.8. The number of rotatable bonds is 16. The number of hydrogen-bond acceptors (Lipinski definition) is 7. The summed E-state index contributed by atoms with van der Waals surface area (Å²) in [4.78, 5) is 28.4. The molecule has 0 bridgehead atoms. The van der Waals surface area contributed by atoms with Gasteiger partial charge in [-0.2, -0.15) is 0 Å². The largest absolute Gasteiger partial charge is 0.496 e. The van der Waals surface area contributed by atoms with Gasteiger partial charge in [0, 0.05) is 47.6 Å². The van der Waals surface area contributed by atoms with E-state index in [-0.39, 0.29) is 5.78 Å². The lowest BCUT2D eigenvalue weighted by molar-refractivity contribution is -0.141. The third-order valence-corrected chi connectivity index (χ3v) is 7.90. The Morgan fingerprint density at radius 2 is 1.40 bits per heavy atom. The fourth-order valence-corrected chi connectivity index (χ4v) is 5.46. The molecule has 0 aliphatic carbocycles. The minimum atomic E-state index is -0.691. The average Bonchev–Trinajstić information content (AvgIpc) is 3.13. The Hall–Kier alpha value is -5.56. The van der Waals surface area contributed by atoms with Crippen molar-refractivity contribution in [2.24, 2.45) is 0 Å². The number of nitrogens with zero attached hydrogens (tertiary/aromatic N) is 1. The van der Waals surface area contributed by atoms with Gasteiger partial charge in [-0.05, 0) is 54.4 Å². The Kier molecular flexibility index (Phi) is 11.6. The number of esters is 1.